The molecule has 1 aromatic rings. The molecule has 2 rings (SSSR count). The maximum atomic E-state index is 5.88. The standard InChI is InChI=1S/C12H19ClN4/c1-8-5-14-12(13)15-11(8)17-6-9(2)16(4)10(3)7-17/h5,9-10H,6-7H2,1-4H3. The van der Waals surface area contributed by atoms with Crippen molar-refractivity contribution in [3.8, 4) is 0 Å². The van der Waals surface area contributed by atoms with Gasteiger partial charge in [0.15, 0.2) is 0 Å². The van der Waals surface area contributed by atoms with Crippen molar-refractivity contribution in [2.45, 2.75) is 32.9 Å². The van der Waals surface area contributed by atoms with Crippen LogP contribution in [-0.4, -0.2) is 47.1 Å². The number of piperazine rings is 1. The Kier molecular flexibility index (Phi) is 3.54. The molecule has 1 saturated heterocycles. The monoisotopic (exact) mass is 254 g/mol. The second-order valence-corrected chi connectivity index (χ2v) is 5.25. The first-order valence-electron chi connectivity index (χ1n) is 5.95. The molecule has 94 valence electrons. The van der Waals surface area contributed by atoms with Crippen molar-refractivity contribution < 1.29 is 0 Å². The molecule has 2 heterocycles. The quantitative estimate of drug-likeness (QED) is 0.718. The van der Waals surface area contributed by atoms with Crippen LogP contribution >= 0.6 is 11.6 Å². The molecule has 0 spiro atoms. The van der Waals surface area contributed by atoms with Crippen LogP contribution in [0, 0.1) is 6.92 Å². The van der Waals surface area contributed by atoms with Gasteiger partial charge in [0.2, 0.25) is 5.28 Å². The molecule has 17 heavy (non-hydrogen) atoms. The molecular weight excluding hydrogens is 236 g/mol. The number of rotatable bonds is 1. The van der Waals surface area contributed by atoms with Crippen LogP contribution < -0.4 is 4.90 Å². The van der Waals surface area contributed by atoms with E-state index in [2.05, 4.69) is 40.7 Å². The second-order valence-electron chi connectivity index (χ2n) is 4.91. The lowest BCUT2D eigenvalue weighted by Gasteiger charge is -2.43. The van der Waals surface area contributed by atoms with Crippen molar-refractivity contribution in [2.24, 2.45) is 0 Å². The van der Waals surface area contributed by atoms with Crippen LogP contribution in [0.4, 0.5) is 5.82 Å². The smallest absolute Gasteiger partial charge is 0.224 e. The fourth-order valence-corrected chi connectivity index (χ4v) is 2.44. The molecule has 4 nitrogen and oxygen atoms in total. The highest BCUT2D eigenvalue weighted by Gasteiger charge is 2.28. The molecule has 0 N–H and O–H groups in total. The number of hydrogen-bond acceptors (Lipinski definition) is 4. The maximum Gasteiger partial charge on any atom is 0.224 e. The maximum absolute atomic E-state index is 5.88. The Morgan fingerprint density at radius 3 is 2.47 bits per heavy atom. The summed E-state index contributed by atoms with van der Waals surface area (Å²) in [6.45, 7) is 8.46. The van der Waals surface area contributed by atoms with Gasteiger partial charge in [-0.3, -0.25) is 4.90 Å². The van der Waals surface area contributed by atoms with E-state index in [-0.39, 0.29) is 0 Å². The number of aryl methyl sites for hydroxylation is 1. The Morgan fingerprint density at radius 1 is 1.29 bits per heavy atom. The molecule has 0 aromatic carbocycles. The lowest BCUT2D eigenvalue weighted by Crippen LogP contribution is -2.55. The Balaban J connectivity index is 2.25. The van der Waals surface area contributed by atoms with E-state index in [1.54, 1.807) is 6.20 Å². The van der Waals surface area contributed by atoms with Crippen molar-refractivity contribution in [1.29, 1.82) is 0 Å². The van der Waals surface area contributed by atoms with Gasteiger partial charge in [-0.1, -0.05) is 0 Å². The summed E-state index contributed by atoms with van der Waals surface area (Å²) in [6, 6.07) is 1.04. The van der Waals surface area contributed by atoms with Gasteiger partial charge in [0.1, 0.15) is 5.82 Å². The van der Waals surface area contributed by atoms with E-state index in [0.717, 1.165) is 24.5 Å². The number of aromatic nitrogens is 2. The van der Waals surface area contributed by atoms with E-state index in [4.69, 9.17) is 11.6 Å². The third-order valence-corrected chi connectivity index (χ3v) is 3.76. The molecule has 1 aliphatic rings. The van der Waals surface area contributed by atoms with Gasteiger partial charge >= 0.3 is 0 Å². The van der Waals surface area contributed by atoms with E-state index in [1.165, 1.54) is 0 Å². The molecule has 1 aliphatic heterocycles. The molecule has 2 unspecified atom stereocenters. The van der Waals surface area contributed by atoms with Crippen LogP contribution in [-0.2, 0) is 0 Å². The zero-order valence-corrected chi connectivity index (χ0v) is 11.6. The highest BCUT2D eigenvalue weighted by Crippen LogP contribution is 2.23. The normalized spacial score (nSPS) is 26.3. The molecule has 0 saturated carbocycles. The predicted octanol–water partition coefficient (Wildman–Crippen LogP) is 1.97. The van der Waals surface area contributed by atoms with E-state index in [9.17, 15) is 0 Å². The van der Waals surface area contributed by atoms with Gasteiger partial charge in [-0.25, -0.2) is 9.97 Å². The predicted molar refractivity (Wildman–Crippen MR) is 70.7 cm³/mol. The third-order valence-electron chi connectivity index (χ3n) is 3.57. The molecule has 0 aliphatic carbocycles. The van der Waals surface area contributed by atoms with Gasteiger partial charge in [0, 0.05) is 36.9 Å². The zero-order valence-electron chi connectivity index (χ0n) is 10.8. The fourth-order valence-electron chi connectivity index (χ4n) is 2.31. The first-order valence-corrected chi connectivity index (χ1v) is 6.33. The van der Waals surface area contributed by atoms with Gasteiger partial charge in [0.25, 0.3) is 0 Å². The van der Waals surface area contributed by atoms with Crippen LogP contribution in [0.5, 0.6) is 0 Å². The summed E-state index contributed by atoms with van der Waals surface area (Å²) in [5.41, 5.74) is 1.08. The summed E-state index contributed by atoms with van der Waals surface area (Å²) in [5.74, 6) is 0.969. The average molecular weight is 255 g/mol. The van der Waals surface area contributed by atoms with Gasteiger partial charge in [-0.2, -0.15) is 0 Å². The minimum atomic E-state index is 0.324. The Bertz CT molecular complexity index is 397. The van der Waals surface area contributed by atoms with Crippen LogP contribution in [0.25, 0.3) is 0 Å². The average Bonchev–Trinajstić information content (AvgIpc) is 2.28. The van der Waals surface area contributed by atoms with E-state index < -0.39 is 0 Å². The summed E-state index contributed by atoms with van der Waals surface area (Å²) >= 11 is 5.88. The molecule has 2 atom stereocenters. The highest BCUT2D eigenvalue weighted by atomic mass is 35.5. The number of halogens is 1. The summed E-state index contributed by atoms with van der Waals surface area (Å²) in [4.78, 5) is 13.1. The lowest BCUT2D eigenvalue weighted by molar-refractivity contribution is 0.169. The number of nitrogens with zero attached hydrogens (tertiary/aromatic N) is 4. The van der Waals surface area contributed by atoms with Crippen LogP contribution in [0.1, 0.15) is 19.4 Å². The molecule has 0 amide bonds. The van der Waals surface area contributed by atoms with Crippen molar-refractivity contribution in [3.05, 3.63) is 17.0 Å². The van der Waals surface area contributed by atoms with Crippen molar-refractivity contribution >= 4 is 17.4 Å². The molecule has 1 fully saturated rings. The lowest BCUT2D eigenvalue weighted by atomic mass is 10.1. The molecule has 5 heteroatoms. The van der Waals surface area contributed by atoms with Crippen LogP contribution in [0.2, 0.25) is 5.28 Å². The first-order chi connectivity index (χ1) is 7.99. The zero-order chi connectivity index (χ0) is 12.6. The molecule has 0 radical (unpaired) electrons. The van der Waals surface area contributed by atoms with Crippen LogP contribution in [0.3, 0.4) is 0 Å². The topological polar surface area (TPSA) is 32.3 Å². The Hall–Kier alpha value is -0.870. The minimum absolute atomic E-state index is 0.324. The number of likely N-dealkylation sites (N-methyl/N-ethyl adjacent to an activating group) is 1. The largest absolute Gasteiger partial charge is 0.353 e. The van der Waals surface area contributed by atoms with Gasteiger partial charge < -0.3 is 4.90 Å². The minimum Gasteiger partial charge on any atom is -0.353 e. The van der Waals surface area contributed by atoms with Crippen molar-refractivity contribution in [3.63, 3.8) is 0 Å². The Labute approximate surface area is 108 Å². The third kappa shape index (κ3) is 2.53. The summed E-state index contributed by atoms with van der Waals surface area (Å²) in [6.07, 6.45) is 1.79. The Morgan fingerprint density at radius 2 is 1.88 bits per heavy atom. The summed E-state index contributed by atoms with van der Waals surface area (Å²) in [7, 11) is 2.17. The fraction of sp³-hybridized carbons (Fsp3) is 0.667. The highest BCUT2D eigenvalue weighted by molar-refractivity contribution is 6.28. The van der Waals surface area contributed by atoms with E-state index in [0.29, 0.717) is 17.4 Å². The van der Waals surface area contributed by atoms with Crippen molar-refractivity contribution in [1.82, 2.24) is 14.9 Å². The molecule has 0 bridgehead atoms. The number of hydrogen-bond donors (Lipinski definition) is 0. The molecule has 1 aromatic heterocycles. The van der Waals surface area contributed by atoms with E-state index in [1.807, 2.05) is 6.92 Å². The van der Waals surface area contributed by atoms with Crippen molar-refractivity contribution in [2.75, 3.05) is 25.0 Å². The summed E-state index contributed by atoms with van der Waals surface area (Å²) in [5, 5.41) is 0.324. The van der Waals surface area contributed by atoms with Gasteiger partial charge in [0.05, 0.1) is 0 Å². The number of anilines is 1. The van der Waals surface area contributed by atoms with Gasteiger partial charge in [-0.05, 0) is 39.4 Å². The molecular formula is C12H19ClN4. The first kappa shape index (κ1) is 12.6. The summed E-state index contributed by atoms with van der Waals surface area (Å²) < 4.78 is 0. The van der Waals surface area contributed by atoms with Gasteiger partial charge in [-0.15, -0.1) is 0 Å². The second kappa shape index (κ2) is 4.78. The SMILES string of the molecule is Cc1cnc(Cl)nc1N1CC(C)N(C)C(C)C1. The van der Waals surface area contributed by atoms with Crippen LogP contribution in [0.15, 0.2) is 6.20 Å². The van der Waals surface area contributed by atoms with E-state index >= 15 is 0 Å².